The minimum absolute atomic E-state index is 0. The number of aromatic nitrogens is 2. The fraction of sp³-hybridized carbons (Fsp3) is 0.184. The summed E-state index contributed by atoms with van der Waals surface area (Å²) >= 11 is 0. The van der Waals surface area contributed by atoms with Crippen LogP contribution in [-0.2, 0) is 30.9 Å². The van der Waals surface area contributed by atoms with Gasteiger partial charge in [-0.25, -0.2) is 9.78 Å². The van der Waals surface area contributed by atoms with E-state index in [1.165, 1.54) is 50.9 Å². The molecule has 0 saturated carbocycles. The second kappa shape index (κ2) is 11.5. The molecule has 0 aliphatic heterocycles. The van der Waals surface area contributed by atoms with Crippen molar-refractivity contribution >= 4 is 27.6 Å². The summed E-state index contributed by atoms with van der Waals surface area (Å²) in [6.07, 6.45) is 1.45. The van der Waals surface area contributed by atoms with E-state index in [2.05, 4.69) is 125 Å². The molecule has 4 aromatic carbocycles. The maximum absolute atomic E-state index is 10.1. The topological polar surface area (TPSA) is 63.1 Å². The Labute approximate surface area is 266 Å². The van der Waals surface area contributed by atoms with Crippen LogP contribution < -0.4 is 0 Å². The zero-order valence-electron chi connectivity index (χ0n) is 24.9. The molecule has 43 heavy (non-hydrogen) atoms. The van der Waals surface area contributed by atoms with E-state index in [1.807, 2.05) is 0 Å². The van der Waals surface area contributed by atoms with Crippen molar-refractivity contribution in [1.29, 1.82) is 0 Å². The number of fused-ring (bicyclic) bond motifs is 6. The first-order valence-corrected chi connectivity index (χ1v) is 14.2. The molecule has 0 fully saturated rings. The van der Waals surface area contributed by atoms with Crippen LogP contribution >= 0.6 is 0 Å². The third kappa shape index (κ3) is 5.40. The van der Waals surface area contributed by atoms with Gasteiger partial charge in [0.15, 0.2) is 0 Å². The van der Waals surface area contributed by atoms with Gasteiger partial charge in [-0.05, 0) is 45.9 Å². The number of carboxylic acids is 1. The van der Waals surface area contributed by atoms with Crippen LogP contribution in [0.15, 0.2) is 103 Å². The van der Waals surface area contributed by atoms with Crippen LogP contribution in [0.3, 0.4) is 0 Å². The third-order valence-electron chi connectivity index (χ3n) is 8.11. The molecule has 1 aliphatic carbocycles. The Kier molecular flexibility index (Phi) is 8.09. The Morgan fingerprint density at radius 1 is 0.837 bits per heavy atom. The second-order valence-corrected chi connectivity index (χ2v) is 12.3. The summed E-state index contributed by atoms with van der Waals surface area (Å²) in [5, 5.41) is 12.0. The summed E-state index contributed by atoms with van der Waals surface area (Å²) in [4.78, 5) is 19.0. The largest absolute Gasteiger partial charge is 0.477 e. The number of carboxylic acid groups (broad SMARTS) is 1. The fourth-order valence-corrected chi connectivity index (χ4v) is 6.14. The molecule has 1 N–H and O–H groups in total. The molecule has 0 unspecified atom stereocenters. The Bertz CT molecular complexity index is 1970. The molecule has 0 spiro atoms. The van der Waals surface area contributed by atoms with Crippen molar-refractivity contribution in [2.24, 2.45) is 0 Å². The van der Waals surface area contributed by atoms with Gasteiger partial charge in [0, 0.05) is 42.8 Å². The number of pyridine rings is 2. The minimum Gasteiger partial charge on any atom is -0.477 e. The molecule has 217 valence electrons. The van der Waals surface area contributed by atoms with Crippen LogP contribution in [0.25, 0.3) is 44.1 Å². The van der Waals surface area contributed by atoms with Crippen molar-refractivity contribution in [2.75, 3.05) is 0 Å². The monoisotopic (exact) mass is 742 g/mol. The van der Waals surface area contributed by atoms with Crippen LogP contribution in [0.4, 0.5) is 0 Å². The van der Waals surface area contributed by atoms with E-state index in [0.717, 1.165) is 22.2 Å². The van der Waals surface area contributed by atoms with Crippen LogP contribution in [0.1, 0.15) is 61.8 Å². The predicted molar refractivity (Wildman–Crippen MR) is 171 cm³/mol. The number of rotatable bonds is 2. The Hall–Kier alpha value is -4.18. The summed E-state index contributed by atoms with van der Waals surface area (Å²) in [6.45, 7) is 11.5. The molecule has 4 nitrogen and oxygen atoms in total. The van der Waals surface area contributed by atoms with E-state index in [9.17, 15) is 4.79 Å². The van der Waals surface area contributed by atoms with E-state index in [-0.39, 0.29) is 36.6 Å². The summed E-state index contributed by atoms with van der Waals surface area (Å²) in [5.41, 5.74) is 9.82. The number of hydrogen-bond donors (Lipinski definition) is 1. The van der Waals surface area contributed by atoms with Crippen molar-refractivity contribution in [3.63, 3.8) is 0 Å². The summed E-state index contributed by atoms with van der Waals surface area (Å²) in [6, 6.07) is 36.9. The standard InChI is InChI=1S/C32H28N.C6H5NO2.Ir/c1-31(2,3)26-19-21(18-20-12-6-7-13-22(20)26)30-29-28(24-15-9-11-17-27(24)33-30)23-14-8-10-16-25(23)32(29,4)5;8-6(9)5-3-1-2-4-7-5;/h6-17,19H,1-5H3;1-4H,(H,8,9);/q-1;;. The molecule has 7 rings (SSSR count). The average Bonchev–Trinajstić information content (AvgIpc) is 3.24. The molecule has 5 heteroatoms. The summed E-state index contributed by atoms with van der Waals surface area (Å²) in [5.74, 6) is -0.990. The van der Waals surface area contributed by atoms with Crippen molar-refractivity contribution in [3.05, 3.63) is 132 Å². The quantitative estimate of drug-likeness (QED) is 0.180. The van der Waals surface area contributed by atoms with Crippen molar-refractivity contribution in [3.8, 4) is 22.4 Å². The van der Waals surface area contributed by atoms with Gasteiger partial charge in [-0.3, -0.25) is 4.98 Å². The van der Waals surface area contributed by atoms with Crippen LogP contribution in [0.2, 0.25) is 0 Å². The van der Waals surface area contributed by atoms with E-state index >= 15 is 0 Å². The van der Waals surface area contributed by atoms with Crippen LogP contribution in [-0.4, -0.2) is 21.0 Å². The van der Waals surface area contributed by atoms with Crippen molar-refractivity contribution in [2.45, 2.75) is 45.4 Å². The molecule has 2 aromatic heterocycles. The van der Waals surface area contributed by atoms with E-state index in [4.69, 9.17) is 10.1 Å². The maximum atomic E-state index is 10.1. The van der Waals surface area contributed by atoms with Gasteiger partial charge in [-0.1, -0.05) is 112 Å². The SMILES string of the molecule is CC(C)(C)c1cc(-c2nc3ccccc3c3c2C(C)(C)c2ccccc2-3)[c-]c2ccccc12.O=C(O)c1ccccn1.[Ir]. The molecule has 0 atom stereocenters. The first-order valence-electron chi connectivity index (χ1n) is 14.2. The predicted octanol–water partition coefficient (Wildman–Crippen LogP) is 9.24. The number of hydrogen-bond acceptors (Lipinski definition) is 3. The second-order valence-electron chi connectivity index (χ2n) is 12.3. The molecule has 2 heterocycles. The van der Waals surface area contributed by atoms with Gasteiger partial charge in [0.1, 0.15) is 5.69 Å². The fourth-order valence-electron chi connectivity index (χ4n) is 6.14. The summed E-state index contributed by atoms with van der Waals surface area (Å²) in [7, 11) is 0. The normalized spacial score (nSPS) is 13.0. The molecule has 0 bridgehead atoms. The van der Waals surface area contributed by atoms with Gasteiger partial charge in [0.25, 0.3) is 0 Å². The average molecular weight is 742 g/mol. The van der Waals surface area contributed by atoms with Gasteiger partial charge in [0.2, 0.25) is 0 Å². The first kappa shape index (κ1) is 30.3. The van der Waals surface area contributed by atoms with Gasteiger partial charge in [0.05, 0.1) is 5.52 Å². The first-order chi connectivity index (χ1) is 20.1. The number of aromatic carboxylic acids is 1. The summed E-state index contributed by atoms with van der Waals surface area (Å²) < 4.78 is 0. The van der Waals surface area contributed by atoms with Crippen molar-refractivity contribution in [1.82, 2.24) is 9.97 Å². The Balaban J connectivity index is 0.000000318. The van der Waals surface area contributed by atoms with Crippen molar-refractivity contribution < 1.29 is 30.0 Å². The minimum atomic E-state index is -0.990. The molecule has 6 aromatic rings. The molecular weight excluding hydrogens is 709 g/mol. The zero-order valence-corrected chi connectivity index (χ0v) is 27.3. The third-order valence-corrected chi connectivity index (χ3v) is 8.11. The van der Waals surface area contributed by atoms with Gasteiger partial charge in [-0.2, -0.15) is 0 Å². The molecule has 1 aliphatic rings. The maximum Gasteiger partial charge on any atom is 0.354 e. The van der Waals surface area contributed by atoms with Gasteiger partial charge in [-0.15, -0.1) is 29.1 Å². The number of benzene rings is 4. The molecular formula is C38H33IrN2O2-. The number of nitrogens with zero attached hydrogens (tertiary/aromatic N) is 2. The van der Waals surface area contributed by atoms with Gasteiger partial charge >= 0.3 is 5.97 Å². The van der Waals surface area contributed by atoms with Crippen LogP contribution in [0, 0.1) is 6.07 Å². The van der Waals surface area contributed by atoms with E-state index in [0.29, 0.717) is 0 Å². The Morgan fingerprint density at radius 3 is 2.16 bits per heavy atom. The number of para-hydroxylation sites is 1. The van der Waals surface area contributed by atoms with Gasteiger partial charge < -0.3 is 5.11 Å². The van der Waals surface area contributed by atoms with E-state index in [1.54, 1.807) is 12.1 Å². The van der Waals surface area contributed by atoms with Crippen LogP contribution in [0.5, 0.6) is 0 Å². The molecule has 0 amide bonds. The smallest absolute Gasteiger partial charge is 0.354 e. The Morgan fingerprint density at radius 2 is 1.49 bits per heavy atom. The van der Waals surface area contributed by atoms with E-state index < -0.39 is 5.97 Å². The molecule has 1 radical (unpaired) electrons. The number of carbonyl (C=O) groups is 1. The molecule has 0 saturated heterocycles. The zero-order chi connectivity index (χ0) is 29.6.